The van der Waals surface area contributed by atoms with Crippen LogP contribution in [0.5, 0.6) is 0 Å². The zero-order valence-electron chi connectivity index (χ0n) is 13.9. The summed E-state index contributed by atoms with van der Waals surface area (Å²) in [5.74, 6) is 0.109. The van der Waals surface area contributed by atoms with Crippen LogP contribution in [-0.2, 0) is 6.54 Å². The molecule has 0 aliphatic rings. The van der Waals surface area contributed by atoms with Gasteiger partial charge in [-0.05, 0) is 24.6 Å². The van der Waals surface area contributed by atoms with Gasteiger partial charge < -0.3 is 15.7 Å². The van der Waals surface area contributed by atoms with Crippen LogP contribution >= 0.6 is 35.6 Å². The lowest BCUT2D eigenvalue weighted by molar-refractivity contribution is 0.176. The molecule has 2 rings (SSSR count). The average molecular weight is 478 g/mol. The number of hydrogen-bond acceptors (Lipinski definition) is 2. The van der Waals surface area contributed by atoms with Crippen molar-refractivity contribution in [2.75, 3.05) is 13.1 Å². The van der Waals surface area contributed by atoms with Crippen molar-refractivity contribution in [3.8, 4) is 0 Å². The molecule has 0 amide bonds. The van der Waals surface area contributed by atoms with Crippen LogP contribution in [-0.4, -0.2) is 24.2 Å². The molecule has 1 atom stereocenters. The van der Waals surface area contributed by atoms with Gasteiger partial charge in [0.15, 0.2) is 5.96 Å². The second-order valence-electron chi connectivity index (χ2n) is 5.20. The second-order valence-corrected chi connectivity index (χ2v) is 5.61. The molecule has 0 spiro atoms. The summed E-state index contributed by atoms with van der Waals surface area (Å²) in [4.78, 5) is 4.44. The van der Waals surface area contributed by atoms with Gasteiger partial charge in [-0.25, -0.2) is 9.38 Å². The van der Waals surface area contributed by atoms with Crippen molar-refractivity contribution in [3.63, 3.8) is 0 Å². The molecule has 0 aromatic heterocycles. The van der Waals surface area contributed by atoms with E-state index in [-0.39, 0.29) is 36.1 Å². The Morgan fingerprint density at radius 2 is 1.84 bits per heavy atom. The second kappa shape index (κ2) is 11.3. The molecule has 2 aromatic rings. The summed E-state index contributed by atoms with van der Waals surface area (Å²) < 4.78 is 13.7. The first-order valence-corrected chi connectivity index (χ1v) is 8.17. The summed E-state index contributed by atoms with van der Waals surface area (Å²) in [7, 11) is 0. The first-order valence-electron chi connectivity index (χ1n) is 7.80. The van der Waals surface area contributed by atoms with Crippen LogP contribution in [0.3, 0.4) is 0 Å². The van der Waals surface area contributed by atoms with Crippen molar-refractivity contribution >= 4 is 41.5 Å². The fourth-order valence-corrected chi connectivity index (χ4v) is 2.38. The lowest BCUT2D eigenvalue weighted by atomic mass is 10.1. The maximum atomic E-state index is 13.7. The number of rotatable bonds is 6. The van der Waals surface area contributed by atoms with Gasteiger partial charge in [0.25, 0.3) is 0 Å². The number of nitrogens with one attached hydrogen (secondary N) is 2. The van der Waals surface area contributed by atoms with Gasteiger partial charge in [0.1, 0.15) is 5.82 Å². The Morgan fingerprint density at radius 3 is 2.52 bits per heavy atom. The number of aliphatic imine (C=N–C) groups is 1. The molecule has 0 saturated carbocycles. The number of nitrogens with zero attached hydrogens (tertiary/aromatic N) is 1. The number of hydrogen-bond donors (Lipinski definition) is 3. The first kappa shape index (κ1) is 21.7. The zero-order chi connectivity index (χ0) is 17.4. The molecular weight excluding hydrogens is 456 g/mol. The molecule has 25 heavy (non-hydrogen) atoms. The van der Waals surface area contributed by atoms with Gasteiger partial charge >= 0.3 is 0 Å². The van der Waals surface area contributed by atoms with E-state index in [0.29, 0.717) is 24.1 Å². The van der Waals surface area contributed by atoms with Crippen LogP contribution in [0.15, 0.2) is 53.5 Å². The number of benzene rings is 2. The van der Waals surface area contributed by atoms with Gasteiger partial charge in [0, 0.05) is 23.7 Å². The van der Waals surface area contributed by atoms with E-state index in [1.54, 1.807) is 18.2 Å². The van der Waals surface area contributed by atoms with E-state index in [9.17, 15) is 9.50 Å². The minimum absolute atomic E-state index is 0. The topological polar surface area (TPSA) is 56.7 Å². The predicted molar refractivity (Wildman–Crippen MR) is 111 cm³/mol. The van der Waals surface area contributed by atoms with Crippen molar-refractivity contribution in [2.24, 2.45) is 4.99 Å². The van der Waals surface area contributed by atoms with Gasteiger partial charge in [-0.2, -0.15) is 0 Å². The highest BCUT2D eigenvalue weighted by Crippen LogP contribution is 2.16. The smallest absolute Gasteiger partial charge is 0.191 e. The maximum absolute atomic E-state index is 13.7. The molecule has 0 heterocycles. The first-order chi connectivity index (χ1) is 11.6. The van der Waals surface area contributed by atoms with Crippen LogP contribution in [0.25, 0.3) is 0 Å². The average Bonchev–Trinajstić information content (AvgIpc) is 2.58. The van der Waals surface area contributed by atoms with Crippen LogP contribution in [0.2, 0.25) is 5.02 Å². The molecule has 4 nitrogen and oxygen atoms in total. The number of aliphatic hydroxyl groups is 1. The predicted octanol–water partition coefficient (Wildman–Crippen LogP) is 3.89. The van der Waals surface area contributed by atoms with E-state index in [1.165, 1.54) is 6.07 Å². The molecule has 2 aromatic carbocycles. The standard InChI is InChI=1S/C18H21ClFN3O.HI/c1-2-21-18(22-11-13-7-3-5-9-15(13)19)23-12-17(24)14-8-4-6-10-16(14)20;/h3-10,17,24H,2,11-12H2,1H3,(H2,21,22,23);1H. The summed E-state index contributed by atoms with van der Waals surface area (Å²) in [5, 5.41) is 16.9. The van der Waals surface area contributed by atoms with Crippen molar-refractivity contribution in [2.45, 2.75) is 19.6 Å². The Kier molecular flexibility index (Phi) is 9.77. The quantitative estimate of drug-likeness (QED) is 0.336. The van der Waals surface area contributed by atoms with Gasteiger partial charge in [-0.1, -0.05) is 48.0 Å². The summed E-state index contributed by atoms with van der Waals surface area (Å²) >= 11 is 6.12. The van der Waals surface area contributed by atoms with Crippen LogP contribution in [0, 0.1) is 5.82 Å². The molecular formula is C18H22ClFIN3O. The molecule has 1 unspecified atom stereocenters. The lowest BCUT2D eigenvalue weighted by Crippen LogP contribution is -2.39. The van der Waals surface area contributed by atoms with Crippen LogP contribution in [0.1, 0.15) is 24.2 Å². The van der Waals surface area contributed by atoms with Crippen molar-refractivity contribution in [3.05, 3.63) is 70.5 Å². The lowest BCUT2D eigenvalue weighted by Gasteiger charge is -2.16. The molecule has 0 radical (unpaired) electrons. The third-order valence-electron chi connectivity index (χ3n) is 3.44. The third-order valence-corrected chi connectivity index (χ3v) is 3.81. The summed E-state index contributed by atoms with van der Waals surface area (Å²) in [6.07, 6.45) is -0.963. The largest absolute Gasteiger partial charge is 0.386 e. The number of guanidine groups is 1. The summed E-state index contributed by atoms with van der Waals surface area (Å²) in [6.45, 7) is 3.17. The molecule has 7 heteroatoms. The monoisotopic (exact) mass is 477 g/mol. The SMILES string of the molecule is CCNC(=NCc1ccccc1Cl)NCC(O)c1ccccc1F.I. The molecule has 0 aliphatic heterocycles. The number of halogens is 3. The van der Waals surface area contributed by atoms with Gasteiger partial charge in [0.2, 0.25) is 0 Å². The Labute approximate surface area is 169 Å². The molecule has 0 fully saturated rings. The van der Waals surface area contributed by atoms with Crippen LogP contribution < -0.4 is 10.6 Å². The van der Waals surface area contributed by atoms with Gasteiger partial charge in [-0.3, -0.25) is 0 Å². The van der Waals surface area contributed by atoms with Crippen molar-refractivity contribution < 1.29 is 9.50 Å². The Bertz CT molecular complexity index is 700. The molecule has 3 N–H and O–H groups in total. The van der Waals surface area contributed by atoms with Crippen molar-refractivity contribution in [1.29, 1.82) is 0 Å². The van der Waals surface area contributed by atoms with Crippen LogP contribution in [0.4, 0.5) is 4.39 Å². The van der Waals surface area contributed by atoms with E-state index in [0.717, 1.165) is 5.56 Å². The molecule has 0 bridgehead atoms. The minimum atomic E-state index is -0.963. The summed E-state index contributed by atoms with van der Waals surface area (Å²) in [6, 6.07) is 13.7. The summed E-state index contributed by atoms with van der Waals surface area (Å²) in [5.41, 5.74) is 1.16. The fraction of sp³-hybridized carbons (Fsp3) is 0.278. The molecule has 0 saturated heterocycles. The highest BCUT2D eigenvalue weighted by atomic mass is 127. The number of aliphatic hydroxyl groups excluding tert-OH is 1. The van der Waals surface area contributed by atoms with E-state index < -0.39 is 11.9 Å². The highest BCUT2D eigenvalue weighted by molar-refractivity contribution is 14.0. The van der Waals surface area contributed by atoms with Crippen molar-refractivity contribution in [1.82, 2.24) is 10.6 Å². The Morgan fingerprint density at radius 1 is 1.16 bits per heavy atom. The van der Waals surface area contributed by atoms with E-state index in [2.05, 4.69) is 15.6 Å². The Hall–Kier alpha value is -1.38. The third kappa shape index (κ3) is 6.80. The maximum Gasteiger partial charge on any atom is 0.191 e. The minimum Gasteiger partial charge on any atom is -0.386 e. The van der Waals surface area contributed by atoms with E-state index >= 15 is 0 Å². The highest BCUT2D eigenvalue weighted by Gasteiger charge is 2.12. The zero-order valence-corrected chi connectivity index (χ0v) is 17.0. The Balaban J connectivity index is 0.00000312. The van der Waals surface area contributed by atoms with Gasteiger partial charge in [-0.15, -0.1) is 24.0 Å². The van der Waals surface area contributed by atoms with E-state index in [1.807, 2.05) is 31.2 Å². The van der Waals surface area contributed by atoms with Gasteiger partial charge in [0.05, 0.1) is 12.6 Å². The molecule has 136 valence electrons. The molecule has 0 aliphatic carbocycles. The normalized spacial score (nSPS) is 12.2. The fourth-order valence-electron chi connectivity index (χ4n) is 2.18. The van der Waals surface area contributed by atoms with E-state index in [4.69, 9.17) is 11.6 Å².